The van der Waals surface area contributed by atoms with Crippen LogP contribution in [0.2, 0.25) is 0 Å². The summed E-state index contributed by atoms with van der Waals surface area (Å²) >= 11 is 0. The summed E-state index contributed by atoms with van der Waals surface area (Å²) in [7, 11) is 1.74. The van der Waals surface area contributed by atoms with E-state index in [1.165, 1.54) is 0 Å². The summed E-state index contributed by atoms with van der Waals surface area (Å²) in [5.41, 5.74) is 15.5. The number of carboxylic acid groups (broad SMARTS) is 2. The average Bonchev–Trinajstić information content (AvgIpc) is 2.22. The second-order valence-electron chi connectivity index (χ2n) is 3.01. The van der Waals surface area contributed by atoms with Gasteiger partial charge in [-0.1, -0.05) is 21.6 Å². The third-order valence-corrected chi connectivity index (χ3v) is 4.43. The second-order valence-corrected chi connectivity index (χ2v) is 5.57. The molecule has 10 heteroatoms. The van der Waals surface area contributed by atoms with Gasteiger partial charge in [-0.25, -0.2) is 0 Å². The molecule has 0 fully saturated rings. The van der Waals surface area contributed by atoms with Gasteiger partial charge >= 0.3 is 11.9 Å². The maximum absolute atomic E-state index is 11.0. The number of hydrogen-bond donors (Lipinski definition) is 5. The van der Waals surface area contributed by atoms with Crippen LogP contribution < -0.4 is 17.2 Å². The summed E-state index contributed by atoms with van der Waals surface area (Å²) in [6, 6.07) is -2.53. The summed E-state index contributed by atoms with van der Waals surface area (Å²) < 4.78 is 0. The topological polar surface area (TPSA) is 170 Å². The zero-order valence-electron chi connectivity index (χ0n) is 8.61. The third-order valence-electron chi connectivity index (χ3n) is 1.63. The molecule has 0 saturated heterocycles. The summed E-state index contributed by atoms with van der Waals surface area (Å²) in [6.07, 6.45) is 0. The Bertz CT molecular complexity index is 314. The molecule has 0 bridgehead atoms. The van der Waals surface area contributed by atoms with Crippen LogP contribution in [0.4, 0.5) is 0 Å². The van der Waals surface area contributed by atoms with Gasteiger partial charge < -0.3 is 27.4 Å². The quantitative estimate of drug-likeness (QED) is 0.317. The van der Waals surface area contributed by atoms with Crippen LogP contribution in [0.3, 0.4) is 0 Å². The maximum Gasteiger partial charge on any atom is 0.322 e. The zero-order chi connectivity index (χ0) is 13.6. The molecular weight excluding hydrogens is 270 g/mol. The lowest BCUT2D eigenvalue weighted by Gasteiger charge is -2.16. The van der Waals surface area contributed by atoms with Crippen molar-refractivity contribution in [3.63, 3.8) is 0 Å². The Morgan fingerprint density at radius 1 is 1.12 bits per heavy atom. The van der Waals surface area contributed by atoms with E-state index in [0.717, 1.165) is 21.6 Å². The van der Waals surface area contributed by atoms with E-state index in [1.54, 1.807) is 0 Å². The molecule has 0 aliphatic carbocycles. The number of aliphatic carboxylic acids is 2. The Hall–Kier alpha value is -0.970. The van der Waals surface area contributed by atoms with Crippen LogP contribution in [0.15, 0.2) is 0 Å². The number of hydrogen-bond acceptors (Lipinski definition) is 7. The molecule has 0 heterocycles. The highest BCUT2D eigenvalue weighted by molar-refractivity contribution is 8.77. The molecule has 17 heavy (non-hydrogen) atoms. The first kappa shape index (κ1) is 16.0. The van der Waals surface area contributed by atoms with E-state index in [4.69, 9.17) is 27.4 Å². The fraction of sp³-hybridized carbons (Fsp3) is 0.571. The normalized spacial score (nSPS) is 15.9. The number of carboxylic acids is 2. The first-order chi connectivity index (χ1) is 7.77. The van der Waals surface area contributed by atoms with Gasteiger partial charge in [0.1, 0.15) is 17.3 Å². The van der Waals surface area contributed by atoms with Gasteiger partial charge in [-0.3, -0.25) is 14.4 Å². The van der Waals surface area contributed by atoms with Crippen molar-refractivity contribution in [2.24, 2.45) is 17.2 Å². The zero-order valence-corrected chi connectivity index (χ0v) is 10.2. The van der Waals surface area contributed by atoms with E-state index < -0.39 is 35.2 Å². The molecule has 0 saturated carbocycles. The molecule has 98 valence electrons. The molecule has 8 N–H and O–H groups in total. The molecule has 0 rings (SSSR count). The maximum atomic E-state index is 11.0. The minimum absolute atomic E-state index is 0.0100. The highest BCUT2D eigenvalue weighted by atomic mass is 33.1. The molecular formula is C7H13N3O5S2. The molecule has 8 nitrogen and oxygen atoms in total. The number of carbonyl (C=O) groups is 3. The monoisotopic (exact) mass is 283 g/mol. The van der Waals surface area contributed by atoms with Gasteiger partial charge in [0.25, 0.3) is 0 Å². The average molecular weight is 283 g/mol. The first-order valence-corrected chi connectivity index (χ1v) is 6.70. The third kappa shape index (κ3) is 5.77. The molecule has 0 radical (unpaired) electrons. The van der Waals surface area contributed by atoms with Crippen LogP contribution in [-0.4, -0.2) is 51.1 Å². The lowest BCUT2D eigenvalue weighted by atomic mass is 10.2. The number of rotatable bonds is 8. The van der Waals surface area contributed by atoms with Crippen molar-refractivity contribution in [3.05, 3.63) is 0 Å². The Morgan fingerprint density at radius 3 is 2.00 bits per heavy atom. The van der Waals surface area contributed by atoms with Gasteiger partial charge in [0.2, 0.25) is 5.91 Å². The molecule has 0 aromatic rings. The fourth-order valence-corrected chi connectivity index (χ4v) is 3.28. The largest absolute Gasteiger partial charge is 0.480 e. The van der Waals surface area contributed by atoms with Crippen molar-refractivity contribution in [2.75, 3.05) is 5.75 Å². The Morgan fingerprint density at radius 2 is 1.65 bits per heavy atom. The molecule has 0 aliphatic rings. The molecule has 0 spiro atoms. The Kier molecular flexibility index (Phi) is 6.95. The van der Waals surface area contributed by atoms with Crippen molar-refractivity contribution in [1.82, 2.24) is 0 Å². The van der Waals surface area contributed by atoms with Gasteiger partial charge in [-0.15, -0.1) is 0 Å². The SMILES string of the molecule is NC(=O)C(SSC[C@H](N)C(=O)O)[C@H](N)C(=O)O. The summed E-state index contributed by atoms with van der Waals surface area (Å²) in [5, 5.41) is 16.0. The molecule has 0 aliphatic heterocycles. The predicted octanol–water partition coefficient (Wildman–Crippen LogP) is -1.95. The van der Waals surface area contributed by atoms with Crippen molar-refractivity contribution < 1.29 is 24.6 Å². The lowest BCUT2D eigenvalue weighted by molar-refractivity contribution is -0.140. The fourth-order valence-electron chi connectivity index (χ4n) is 0.671. The van der Waals surface area contributed by atoms with Crippen LogP contribution in [0.25, 0.3) is 0 Å². The summed E-state index contributed by atoms with van der Waals surface area (Å²) in [5.74, 6) is -3.40. The number of primary amides is 1. The van der Waals surface area contributed by atoms with E-state index in [1.807, 2.05) is 0 Å². The van der Waals surface area contributed by atoms with E-state index in [0.29, 0.717) is 0 Å². The minimum atomic E-state index is -1.44. The minimum Gasteiger partial charge on any atom is -0.480 e. The first-order valence-electron chi connectivity index (χ1n) is 4.31. The van der Waals surface area contributed by atoms with E-state index in [-0.39, 0.29) is 5.75 Å². The van der Waals surface area contributed by atoms with Crippen LogP contribution in [0.5, 0.6) is 0 Å². The van der Waals surface area contributed by atoms with Gasteiger partial charge in [-0.05, 0) is 0 Å². The van der Waals surface area contributed by atoms with Crippen molar-refractivity contribution in [1.29, 1.82) is 0 Å². The Balaban J connectivity index is 4.25. The predicted molar refractivity (Wildman–Crippen MR) is 64.3 cm³/mol. The smallest absolute Gasteiger partial charge is 0.322 e. The van der Waals surface area contributed by atoms with Crippen molar-refractivity contribution in [3.8, 4) is 0 Å². The van der Waals surface area contributed by atoms with Crippen LogP contribution in [0.1, 0.15) is 0 Å². The Labute approximate surface area is 105 Å². The molecule has 0 aromatic carbocycles. The lowest BCUT2D eigenvalue weighted by Crippen LogP contribution is -2.46. The molecule has 0 aromatic heterocycles. The van der Waals surface area contributed by atoms with Crippen molar-refractivity contribution >= 4 is 39.4 Å². The van der Waals surface area contributed by atoms with E-state index in [2.05, 4.69) is 0 Å². The number of nitrogens with two attached hydrogens (primary N) is 3. The van der Waals surface area contributed by atoms with E-state index in [9.17, 15) is 14.4 Å². The summed E-state index contributed by atoms with van der Waals surface area (Å²) in [4.78, 5) is 31.9. The highest BCUT2D eigenvalue weighted by Crippen LogP contribution is 2.28. The van der Waals surface area contributed by atoms with Crippen LogP contribution in [0, 0.1) is 0 Å². The van der Waals surface area contributed by atoms with Gasteiger partial charge in [0.15, 0.2) is 0 Å². The molecule has 3 atom stereocenters. The van der Waals surface area contributed by atoms with Gasteiger partial charge in [0.05, 0.1) is 0 Å². The van der Waals surface area contributed by atoms with Crippen LogP contribution in [-0.2, 0) is 14.4 Å². The van der Waals surface area contributed by atoms with Crippen molar-refractivity contribution in [2.45, 2.75) is 17.3 Å². The van der Waals surface area contributed by atoms with Crippen LogP contribution >= 0.6 is 21.6 Å². The number of carbonyl (C=O) groups excluding carboxylic acids is 1. The van der Waals surface area contributed by atoms with Gasteiger partial charge in [-0.2, -0.15) is 0 Å². The standard InChI is InChI=1S/C7H13N3O5S2/c8-2(6(12)13)1-16-17-4(5(10)11)3(9)7(14)15/h2-4H,1,8-9H2,(H2,10,11)(H,12,13)(H,14,15)/t2-,3-,4?/m0/s1. The molecule has 1 amide bonds. The highest BCUT2D eigenvalue weighted by Gasteiger charge is 2.30. The summed E-state index contributed by atoms with van der Waals surface area (Å²) in [6.45, 7) is 0. The van der Waals surface area contributed by atoms with Gasteiger partial charge in [0, 0.05) is 5.75 Å². The second kappa shape index (κ2) is 7.37. The molecule has 1 unspecified atom stereocenters. The number of amides is 1. The van der Waals surface area contributed by atoms with E-state index >= 15 is 0 Å².